The van der Waals surface area contributed by atoms with Gasteiger partial charge in [-0.25, -0.2) is 8.42 Å². The molecule has 0 spiro atoms. The molecule has 0 aliphatic heterocycles. The lowest BCUT2D eigenvalue weighted by atomic mass is 10.1. The number of amides is 1. The average Bonchev–Trinajstić information content (AvgIpc) is 2.76. The highest BCUT2D eigenvalue weighted by molar-refractivity contribution is 7.92. The van der Waals surface area contributed by atoms with E-state index in [4.69, 9.17) is 4.74 Å². The van der Waals surface area contributed by atoms with Gasteiger partial charge in [-0.2, -0.15) is 0 Å². The molecule has 1 unspecified atom stereocenters. The predicted molar refractivity (Wildman–Crippen MR) is 128 cm³/mol. The van der Waals surface area contributed by atoms with Crippen molar-refractivity contribution >= 4 is 27.3 Å². The maximum absolute atomic E-state index is 12.7. The highest BCUT2D eigenvalue weighted by Crippen LogP contribution is 2.21. The highest BCUT2D eigenvalue weighted by atomic mass is 32.2. The first-order valence-electron chi connectivity index (χ1n) is 10.4. The van der Waals surface area contributed by atoms with E-state index >= 15 is 0 Å². The fourth-order valence-electron chi connectivity index (χ4n) is 3.05. The van der Waals surface area contributed by atoms with Crippen molar-refractivity contribution in [2.24, 2.45) is 0 Å². The number of carbonyl (C=O) groups is 1. The van der Waals surface area contributed by atoms with E-state index in [9.17, 15) is 13.2 Å². The fourth-order valence-corrected chi connectivity index (χ4v) is 4.11. The zero-order valence-electron chi connectivity index (χ0n) is 18.7. The Morgan fingerprint density at radius 1 is 0.875 bits per heavy atom. The minimum absolute atomic E-state index is 0.106. The molecule has 0 aliphatic carbocycles. The van der Waals surface area contributed by atoms with Gasteiger partial charge in [0.1, 0.15) is 5.75 Å². The number of benzene rings is 3. The lowest BCUT2D eigenvalue weighted by molar-refractivity contribution is -0.122. The molecule has 6 nitrogen and oxygen atoms in total. The van der Waals surface area contributed by atoms with Crippen LogP contribution in [0.3, 0.4) is 0 Å². The van der Waals surface area contributed by atoms with Gasteiger partial charge in [-0.1, -0.05) is 30.7 Å². The molecule has 0 aromatic heterocycles. The van der Waals surface area contributed by atoms with Crippen LogP contribution in [0, 0.1) is 20.8 Å². The van der Waals surface area contributed by atoms with Crippen molar-refractivity contribution in [3.05, 3.63) is 83.4 Å². The number of hydrogen-bond donors (Lipinski definition) is 2. The summed E-state index contributed by atoms with van der Waals surface area (Å²) < 4.78 is 33.6. The van der Waals surface area contributed by atoms with E-state index in [0.29, 0.717) is 23.5 Å². The van der Waals surface area contributed by atoms with Gasteiger partial charge in [0.2, 0.25) is 0 Å². The second-order valence-corrected chi connectivity index (χ2v) is 9.43. The first kappa shape index (κ1) is 23.3. The van der Waals surface area contributed by atoms with Gasteiger partial charge in [0.15, 0.2) is 6.10 Å². The molecule has 2 N–H and O–H groups in total. The molecule has 0 fully saturated rings. The number of hydrogen-bond acceptors (Lipinski definition) is 4. The molecule has 0 saturated carbocycles. The summed E-state index contributed by atoms with van der Waals surface area (Å²) in [5.41, 5.74) is 4.27. The van der Waals surface area contributed by atoms with Crippen LogP contribution in [0.4, 0.5) is 11.4 Å². The van der Waals surface area contributed by atoms with Gasteiger partial charge in [0.05, 0.1) is 4.90 Å². The molecule has 3 aromatic carbocycles. The number of carbonyl (C=O) groups excluding carboxylic acids is 1. The van der Waals surface area contributed by atoms with Crippen LogP contribution < -0.4 is 14.8 Å². The minimum Gasteiger partial charge on any atom is -0.481 e. The van der Waals surface area contributed by atoms with E-state index in [2.05, 4.69) is 10.0 Å². The van der Waals surface area contributed by atoms with E-state index < -0.39 is 16.1 Å². The molecule has 1 atom stereocenters. The van der Waals surface area contributed by atoms with Crippen LogP contribution >= 0.6 is 0 Å². The Balaban J connectivity index is 1.66. The quantitative estimate of drug-likeness (QED) is 0.491. The maximum atomic E-state index is 12.7. The summed E-state index contributed by atoms with van der Waals surface area (Å²) in [5.74, 6) is 0.345. The zero-order chi connectivity index (χ0) is 23.3. The first-order valence-corrected chi connectivity index (χ1v) is 11.9. The Labute approximate surface area is 189 Å². The molecule has 1 amide bonds. The molecule has 0 bridgehead atoms. The Kier molecular flexibility index (Phi) is 7.20. The summed E-state index contributed by atoms with van der Waals surface area (Å²) in [6.07, 6.45) is -0.171. The van der Waals surface area contributed by atoms with E-state index in [1.165, 1.54) is 12.1 Å². The first-order chi connectivity index (χ1) is 15.2. The Bertz CT molecular complexity index is 1190. The minimum atomic E-state index is -3.73. The SMILES string of the molecule is CCC(Oc1ccc(C)c(C)c1)C(=O)Nc1ccc(S(=O)(=O)Nc2ccc(C)cc2)cc1. The second-order valence-electron chi connectivity index (χ2n) is 7.75. The van der Waals surface area contributed by atoms with Crippen LogP contribution in [0.5, 0.6) is 5.75 Å². The summed E-state index contributed by atoms with van der Waals surface area (Å²) in [6, 6.07) is 18.8. The van der Waals surface area contributed by atoms with E-state index in [0.717, 1.165) is 16.7 Å². The third-order valence-corrected chi connectivity index (χ3v) is 6.55. The predicted octanol–water partition coefficient (Wildman–Crippen LogP) is 5.21. The number of rotatable bonds is 8. The van der Waals surface area contributed by atoms with Gasteiger partial charge in [-0.3, -0.25) is 9.52 Å². The summed E-state index contributed by atoms with van der Waals surface area (Å²) in [5, 5.41) is 2.79. The third-order valence-electron chi connectivity index (χ3n) is 5.16. The van der Waals surface area contributed by atoms with E-state index in [1.807, 2.05) is 58.0 Å². The molecule has 0 saturated heterocycles. The number of anilines is 2. The van der Waals surface area contributed by atoms with Gasteiger partial charge in [-0.05, 0) is 86.8 Å². The molecule has 3 aromatic rings. The fraction of sp³-hybridized carbons (Fsp3) is 0.240. The van der Waals surface area contributed by atoms with Gasteiger partial charge in [-0.15, -0.1) is 0 Å². The Hall–Kier alpha value is -3.32. The normalized spacial score (nSPS) is 12.1. The highest BCUT2D eigenvalue weighted by Gasteiger charge is 2.20. The molecule has 3 rings (SSSR count). The maximum Gasteiger partial charge on any atom is 0.265 e. The summed E-state index contributed by atoms with van der Waals surface area (Å²) in [7, 11) is -3.73. The van der Waals surface area contributed by atoms with Crippen LogP contribution in [0.2, 0.25) is 0 Å². The van der Waals surface area contributed by atoms with Gasteiger partial charge in [0.25, 0.3) is 15.9 Å². The van der Waals surface area contributed by atoms with Crippen LogP contribution in [0.15, 0.2) is 71.6 Å². The number of nitrogens with one attached hydrogen (secondary N) is 2. The van der Waals surface area contributed by atoms with Gasteiger partial charge < -0.3 is 10.1 Å². The molecular formula is C25H28N2O4S. The van der Waals surface area contributed by atoms with Crippen molar-refractivity contribution < 1.29 is 17.9 Å². The standard InChI is InChI=1S/C25H28N2O4S/c1-5-24(31-22-13-8-18(3)19(4)16-22)25(28)26-20-11-14-23(15-12-20)32(29,30)27-21-9-6-17(2)7-10-21/h6-16,24,27H,5H2,1-4H3,(H,26,28). The number of ether oxygens (including phenoxy) is 1. The summed E-state index contributed by atoms with van der Waals surface area (Å²) in [4.78, 5) is 12.8. The van der Waals surface area contributed by atoms with Crippen molar-refractivity contribution in [3.63, 3.8) is 0 Å². The van der Waals surface area contributed by atoms with Crippen molar-refractivity contribution in [1.82, 2.24) is 0 Å². The molecule has 0 aliphatic rings. The topological polar surface area (TPSA) is 84.5 Å². The molecular weight excluding hydrogens is 424 g/mol. The lowest BCUT2D eigenvalue weighted by Crippen LogP contribution is -2.32. The van der Waals surface area contributed by atoms with Gasteiger partial charge >= 0.3 is 0 Å². The molecule has 0 heterocycles. The van der Waals surface area contributed by atoms with E-state index in [1.54, 1.807) is 24.3 Å². The summed E-state index contributed by atoms with van der Waals surface area (Å²) in [6.45, 7) is 7.81. The molecule has 168 valence electrons. The van der Waals surface area contributed by atoms with Crippen LogP contribution in [0.25, 0.3) is 0 Å². The third kappa shape index (κ3) is 5.88. The lowest BCUT2D eigenvalue weighted by Gasteiger charge is -2.18. The van der Waals surface area contributed by atoms with Crippen molar-refractivity contribution in [2.45, 2.75) is 45.1 Å². The average molecular weight is 453 g/mol. The molecule has 32 heavy (non-hydrogen) atoms. The Morgan fingerprint density at radius 3 is 2.09 bits per heavy atom. The zero-order valence-corrected chi connectivity index (χ0v) is 19.5. The van der Waals surface area contributed by atoms with Crippen molar-refractivity contribution in [3.8, 4) is 5.75 Å². The molecule has 0 radical (unpaired) electrons. The van der Waals surface area contributed by atoms with E-state index in [-0.39, 0.29) is 10.8 Å². The smallest absolute Gasteiger partial charge is 0.265 e. The van der Waals surface area contributed by atoms with Crippen molar-refractivity contribution in [1.29, 1.82) is 0 Å². The number of sulfonamides is 1. The second kappa shape index (κ2) is 9.87. The van der Waals surface area contributed by atoms with Crippen LogP contribution in [-0.2, 0) is 14.8 Å². The van der Waals surface area contributed by atoms with Gasteiger partial charge in [0, 0.05) is 11.4 Å². The number of aryl methyl sites for hydroxylation is 3. The van der Waals surface area contributed by atoms with Crippen LogP contribution in [-0.4, -0.2) is 20.4 Å². The Morgan fingerprint density at radius 2 is 1.50 bits per heavy atom. The molecule has 7 heteroatoms. The largest absolute Gasteiger partial charge is 0.481 e. The monoisotopic (exact) mass is 452 g/mol. The van der Waals surface area contributed by atoms with Crippen LogP contribution in [0.1, 0.15) is 30.0 Å². The van der Waals surface area contributed by atoms with Crippen molar-refractivity contribution in [2.75, 3.05) is 10.0 Å². The summed E-state index contributed by atoms with van der Waals surface area (Å²) >= 11 is 0.